The zero-order valence-electron chi connectivity index (χ0n) is 20.5. The number of amides is 1. The van der Waals surface area contributed by atoms with E-state index in [2.05, 4.69) is 20.4 Å². The molecule has 8 heteroatoms. The highest BCUT2D eigenvalue weighted by Crippen LogP contribution is 2.40. The van der Waals surface area contributed by atoms with Crippen molar-refractivity contribution < 1.29 is 4.79 Å². The molecule has 2 N–H and O–H groups in total. The number of H-pyrrole nitrogens is 1. The lowest BCUT2D eigenvalue weighted by molar-refractivity contribution is 0.102. The summed E-state index contributed by atoms with van der Waals surface area (Å²) in [5.74, 6) is -0.112. The van der Waals surface area contributed by atoms with Gasteiger partial charge in [-0.25, -0.2) is 10.1 Å². The Hall–Kier alpha value is -3.62. The van der Waals surface area contributed by atoms with Crippen LogP contribution in [0.15, 0.2) is 65.5 Å². The number of nitrogens with one attached hydrogen (secondary N) is 2. The number of rotatable bonds is 7. The first-order valence-corrected chi connectivity index (χ1v) is 13.1. The van der Waals surface area contributed by atoms with Crippen LogP contribution in [0.1, 0.15) is 54.1 Å². The maximum atomic E-state index is 13.1. The maximum Gasteiger partial charge on any atom is 0.264 e. The van der Waals surface area contributed by atoms with Crippen LogP contribution in [0.2, 0.25) is 0 Å². The second kappa shape index (κ2) is 10.6. The summed E-state index contributed by atoms with van der Waals surface area (Å²) in [6, 6.07) is 19.2. The highest BCUT2D eigenvalue weighted by atomic mass is 32.1. The zero-order chi connectivity index (χ0) is 25.1. The predicted molar refractivity (Wildman–Crippen MR) is 144 cm³/mol. The molecular formula is C28H29N5O2S. The number of anilines is 1. The van der Waals surface area contributed by atoms with Gasteiger partial charge in [-0.3, -0.25) is 19.8 Å². The Labute approximate surface area is 214 Å². The van der Waals surface area contributed by atoms with Crippen molar-refractivity contribution in [3.63, 3.8) is 0 Å². The molecule has 0 atom stereocenters. The Balaban J connectivity index is 1.44. The number of aromatic nitrogens is 3. The Kier molecular flexibility index (Phi) is 7.06. The minimum atomic E-state index is -0.241. The highest BCUT2D eigenvalue weighted by Gasteiger charge is 2.22. The van der Waals surface area contributed by atoms with E-state index in [0.717, 1.165) is 41.3 Å². The summed E-state index contributed by atoms with van der Waals surface area (Å²) in [6.07, 6.45) is 2.52. The third-order valence-corrected chi connectivity index (χ3v) is 7.37. The highest BCUT2D eigenvalue weighted by molar-refractivity contribution is 7.19. The molecule has 7 nitrogen and oxygen atoms in total. The number of aromatic amines is 1. The zero-order valence-corrected chi connectivity index (χ0v) is 21.3. The van der Waals surface area contributed by atoms with Gasteiger partial charge in [0.1, 0.15) is 5.69 Å². The van der Waals surface area contributed by atoms with Crippen molar-refractivity contribution in [3.8, 4) is 21.8 Å². The number of carbonyl (C=O) groups is 1. The summed E-state index contributed by atoms with van der Waals surface area (Å²) in [4.78, 5) is 33.1. The molecular weight excluding hydrogens is 470 g/mol. The molecule has 184 valence electrons. The molecule has 0 bridgehead atoms. The van der Waals surface area contributed by atoms with Gasteiger partial charge in [0, 0.05) is 23.7 Å². The normalized spacial score (nSPS) is 13.9. The van der Waals surface area contributed by atoms with Crippen LogP contribution >= 0.6 is 11.3 Å². The van der Waals surface area contributed by atoms with E-state index in [-0.39, 0.29) is 17.4 Å². The minimum Gasteiger partial charge on any atom is -0.299 e. The number of hydrogen-bond acceptors (Lipinski definition) is 6. The lowest BCUT2D eigenvalue weighted by Gasteiger charge is -2.14. The van der Waals surface area contributed by atoms with Gasteiger partial charge in [0.15, 0.2) is 5.13 Å². The summed E-state index contributed by atoms with van der Waals surface area (Å²) in [5, 5.41) is 10.4. The summed E-state index contributed by atoms with van der Waals surface area (Å²) >= 11 is 1.36. The first-order chi connectivity index (χ1) is 17.5. The fourth-order valence-electron chi connectivity index (χ4n) is 4.49. The smallest absolute Gasteiger partial charge is 0.264 e. The molecule has 3 heterocycles. The average Bonchev–Trinajstić information content (AvgIpc) is 3.55. The van der Waals surface area contributed by atoms with Crippen molar-refractivity contribution in [2.45, 2.75) is 39.2 Å². The topological polar surface area (TPSA) is 91.0 Å². The van der Waals surface area contributed by atoms with E-state index in [1.807, 2.05) is 68.4 Å². The Morgan fingerprint density at radius 1 is 1.06 bits per heavy atom. The molecule has 0 spiro atoms. The van der Waals surface area contributed by atoms with E-state index in [9.17, 15) is 9.59 Å². The molecule has 2 aromatic carbocycles. The largest absolute Gasteiger partial charge is 0.299 e. The molecule has 1 aliphatic heterocycles. The number of carbonyl (C=O) groups excluding carboxylic acids is 1. The van der Waals surface area contributed by atoms with Crippen LogP contribution in [0.4, 0.5) is 5.13 Å². The summed E-state index contributed by atoms with van der Waals surface area (Å²) in [6.45, 7) is 7.25. The van der Waals surface area contributed by atoms with Crippen LogP contribution in [0.5, 0.6) is 0 Å². The van der Waals surface area contributed by atoms with Crippen molar-refractivity contribution in [3.05, 3.63) is 87.7 Å². The van der Waals surface area contributed by atoms with Crippen molar-refractivity contribution in [1.29, 1.82) is 0 Å². The molecule has 1 saturated heterocycles. The maximum absolute atomic E-state index is 13.1. The molecule has 4 aromatic rings. The average molecular weight is 500 g/mol. The van der Waals surface area contributed by atoms with Crippen LogP contribution in [0.25, 0.3) is 21.8 Å². The molecule has 5 rings (SSSR count). The van der Waals surface area contributed by atoms with Gasteiger partial charge in [0.05, 0.1) is 10.6 Å². The Morgan fingerprint density at radius 2 is 1.78 bits per heavy atom. The molecule has 0 saturated carbocycles. The lowest BCUT2D eigenvalue weighted by Crippen LogP contribution is -2.18. The Morgan fingerprint density at radius 3 is 2.47 bits per heavy atom. The minimum absolute atomic E-state index is 0.0950. The molecule has 1 amide bonds. The number of nitrogens with zero attached hydrogens (tertiary/aromatic N) is 3. The first-order valence-electron chi connectivity index (χ1n) is 12.3. The van der Waals surface area contributed by atoms with Gasteiger partial charge in [-0.15, -0.1) is 0 Å². The Bertz CT molecular complexity index is 1400. The van der Waals surface area contributed by atoms with E-state index < -0.39 is 0 Å². The number of likely N-dealkylation sites (tertiary alicyclic amines) is 1. The van der Waals surface area contributed by atoms with E-state index in [4.69, 9.17) is 4.98 Å². The van der Waals surface area contributed by atoms with Gasteiger partial charge in [0.25, 0.3) is 11.5 Å². The number of benzene rings is 2. The SMILES string of the molecule is CC(C)c1cc(=O)[nH]nc1-c1sc(NC(=O)c2ccc(CN3CCCC3)cc2)nc1-c1ccccc1. The number of thiazole rings is 1. The van der Waals surface area contributed by atoms with Crippen molar-refractivity contribution in [2.75, 3.05) is 18.4 Å². The van der Waals surface area contributed by atoms with Crippen LogP contribution in [0.3, 0.4) is 0 Å². The number of hydrogen-bond donors (Lipinski definition) is 2. The fraction of sp³-hybridized carbons (Fsp3) is 0.286. The fourth-order valence-corrected chi connectivity index (χ4v) is 5.49. The van der Waals surface area contributed by atoms with Gasteiger partial charge >= 0.3 is 0 Å². The van der Waals surface area contributed by atoms with Gasteiger partial charge in [0.2, 0.25) is 0 Å². The molecule has 0 unspecified atom stereocenters. The van der Waals surface area contributed by atoms with Crippen molar-refractivity contribution in [2.24, 2.45) is 0 Å². The summed E-state index contributed by atoms with van der Waals surface area (Å²) < 4.78 is 0. The van der Waals surface area contributed by atoms with Crippen molar-refractivity contribution in [1.82, 2.24) is 20.1 Å². The molecule has 1 aliphatic rings. The van der Waals surface area contributed by atoms with Crippen LogP contribution < -0.4 is 10.9 Å². The third-order valence-electron chi connectivity index (χ3n) is 6.39. The summed E-state index contributed by atoms with van der Waals surface area (Å²) in [5.41, 5.74) is 4.70. The predicted octanol–water partition coefficient (Wildman–Crippen LogP) is 5.53. The monoisotopic (exact) mass is 499 g/mol. The molecule has 2 aromatic heterocycles. The van der Waals surface area contributed by atoms with E-state index in [1.165, 1.54) is 29.7 Å². The van der Waals surface area contributed by atoms with Crippen LogP contribution in [-0.2, 0) is 6.54 Å². The molecule has 0 radical (unpaired) electrons. The standard InChI is InChI=1S/C28H29N5O2S/c1-18(2)22-16-23(34)31-32-25(22)26-24(20-8-4-3-5-9-20)29-28(36-26)30-27(35)21-12-10-19(11-13-21)17-33-14-6-7-15-33/h3-5,8-13,16,18H,6-7,14-15,17H2,1-2H3,(H,31,34)(H,29,30,35). The van der Waals surface area contributed by atoms with Gasteiger partial charge in [-0.2, -0.15) is 5.10 Å². The molecule has 36 heavy (non-hydrogen) atoms. The third kappa shape index (κ3) is 5.29. The van der Waals surface area contributed by atoms with Gasteiger partial charge in [-0.1, -0.05) is 67.6 Å². The van der Waals surface area contributed by atoms with Crippen molar-refractivity contribution >= 4 is 22.4 Å². The second-order valence-electron chi connectivity index (χ2n) is 9.39. The van der Waals surface area contributed by atoms with Gasteiger partial charge in [-0.05, 0) is 55.1 Å². The first kappa shape index (κ1) is 24.1. The van der Waals surface area contributed by atoms with Crippen LogP contribution in [-0.4, -0.2) is 39.1 Å². The quantitative estimate of drug-likeness (QED) is 0.349. The van der Waals surface area contributed by atoms with E-state index in [1.54, 1.807) is 6.07 Å². The summed E-state index contributed by atoms with van der Waals surface area (Å²) in [7, 11) is 0. The van der Waals surface area contributed by atoms with Crippen LogP contribution in [0, 0.1) is 0 Å². The lowest BCUT2D eigenvalue weighted by atomic mass is 10.00. The second-order valence-corrected chi connectivity index (χ2v) is 10.4. The molecule has 0 aliphatic carbocycles. The van der Waals surface area contributed by atoms with Gasteiger partial charge < -0.3 is 0 Å². The van der Waals surface area contributed by atoms with E-state index >= 15 is 0 Å². The molecule has 1 fully saturated rings. The van der Waals surface area contributed by atoms with E-state index in [0.29, 0.717) is 16.4 Å².